The topological polar surface area (TPSA) is 72.5 Å². The molecule has 0 radical (unpaired) electrons. The maximum Gasteiger partial charge on any atom is 0.251 e. The Labute approximate surface area is 174 Å². The van der Waals surface area contributed by atoms with E-state index in [9.17, 15) is 13.2 Å². The zero-order valence-electron chi connectivity index (χ0n) is 15.4. The molecule has 0 aliphatic carbocycles. The number of hydrogen-bond acceptors (Lipinski definition) is 4. The third kappa shape index (κ3) is 4.69. The number of ether oxygens (including phenoxy) is 1. The van der Waals surface area contributed by atoms with Crippen molar-refractivity contribution in [3.63, 3.8) is 0 Å². The number of nitrogens with one attached hydrogen (secondary N) is 1. The SMILES string of the molecule is CS(=O)(=O)c1cccc(C(=O)NCC2(c3ccc(Cl)cc3Cl)CCOCC2)c1. The largest absolute Gasteiger partial charge is 0.381 e. The number of halogens is 2. The normalized spacial score (nSPS) is 16.5. The van der Waals surface area contributed by atoms with Gasteiger partial charge in [-0.15, -0.1) is 0 Å². The van der Waals surface area contributed by atoms with Crippen molar-refractivity contribution < 1.29 is 17.9 Å². The van der Waals surface area contributed by atoms with Crippen LogP contribution >= 0.6 is 23.2 Å². The molecule has 0 aromatic heterocycles. The summed E-state index contributed by atoms with van der Waals surface area (Å²) in [6.07, 6.45) is 2.53. The molecule has 2 aromatic rings. The van der Waals surface area contributed by atoms with E-state index in [0.717, 1.165) is 11.8 Å². The summed E-state index contributed by atoms with van der Waals surface area (Å²) in [7, 11) is -3.39. The third-order valence-corrected chi connectivity index (χ3v) is 6.72. The second kappa shape index (κ2) is 8.41. The van der Waals surface area contributed by atoms with E-state index < -0.39 is 9.84 Å². The monoisotopic (exact) mass is 441 g/mol. The second-order valence-electron chi connectivity index (χ2n) is 7.00. The fourth-order valence-electron chi connectivity index (χ4n) is 3.44. The number of hydrogen-bond donors (Lipinski definition) is 1. The zero-order chi connectivity index (χ0) is 20.4. The van der Waals surface area contributed by atoms with Crippen molar-refractivity contribution in [1.82, 2.24) is 5.32 Å². The van der Waals surface area contributed by atoms with Gasteiger partial charge in [0.1, 0.15) is 0 Å². The van der Waals surface area contributed by atoms with E-state index in [2.05, 4.69) is 5.32 Å². The Morgan fingerprint density at radius 2 is 1.86 bits per heavy atom. The standard InChI is InChI=1S/C20H21Cl2NO4S/c1-28(25,26)16-4-2-3-14(11-16)19(24)23-13-20(7-9-27-10-8-20)17-6-5-15(21)12-18(17)22/h2-6,11-12H,7-10,13H2,1H3,(H,23,24). The van der Waals surface area contributed by atoms with Gasteiger partial charge in [0.2, 0.25) is 0 Å². The number of carbonyl (C=O) groups is 1. The minimum Gasteiger partial charge on any atom is -0.381 e. The lowest BCUT2D eigenvalue weighted by Crippen LogP contribution is -2.44. The first-order valence-corrected chi connectivity index (χ1v) is 11.5. The maximum atomic E-state index is 12.7. The van der Waals surface area contributed by atoms with E-state index in [1.54, 1.807) is 24.3 Å². The van der Waals surface area contributed by atoms with E-state index in [0.29, 0.717) is 48.2 Å². The number of rotatable bonds is 5. The summed E-state index contributed by atoms with van der Waals surface area (Å²) in [4.78, 5) is 12.8. The van der Waals surface area contributed by atoms with Crippen molar-refractivity contribution in [2.45, 2.75) is 23.2 Å². The van der Waals surface area contributed by atoms with Crippen LogP contribution in [0, 0.1) is 0 Å². The Kier molecular flexibility index (Phi) is 6.34. The van der Waals surface area contributed by atoms with Gasteiger partial charge in [0.05, 0.1) is 4.90 Å². The van der Waals surface area contributed by atoms with Gasteiger partial charge in [-0.2, -0.15) is 0 Å². The van der Waals surface area contributed by atoms with Gasteiger partial charge in [0.15, 0.2) is 9.84 Å². The molecule has 1 aliphatic heterocycles. The average Bonchev–Trinajstić information content (AvgIpc) is 2.66. The van der Waals surface area contributed by atoms with Crippen molar-refractivity contribution in [1.29, 1.82) is 0 Å². The number of benzene rings is 2. The predicted octanol–water partition coefficient (Wildman–Crippen LogP) is 3.88. The molecular formula is C20H21Cl2NO4S. The molecular weight excluding hydrogens is 421 g/mol. The molecule has 1 N–H and O–H groups in total. The fraction of sp³-hybridized carbons (Fsp3) is 0.350. The molecule has 150 valence electrons. The van der Waals surface area contributed by atoms with Gasteiger partial charge in [-0.05, 0) is 48.7 Å². The molecule has 0 spiro atoms. The van der Waals surface area contributed by atoms with Crippen LogP contribution in [-0.2, 0) is 20.0 Å². The van der Waals surface area contributed by atoms with Crippen molar-refractivity contribution in [2.24, 2.45) is 0 Å². The quantitative estimate of drug-likeness (QED) is 0.763. The van der Waals surface area contributed by atoms with Crippen LogP contribution in [-0.4, -0.2) is 40.3 Å². The van der Waals surface area contributed by atoms with Gasteiger partial charge in [0.25, 0.3) is 5.91 Å². The van der Waals surface area contributed by atoms with E-state index in [1.165, 1.54) is 12.1 Å². The summed E-state index contributed by atoms with van der Waals surface area (Å²) < 4.78 is 29.0. The molecule has 1 aliphatic rings. The molecule has 0 saturated carbocycles. The highest BCUT2D eigenvalue weighted by molar-refractivity contribution is 7.90. The third-order valence-electron chi connectivity index (χ3n) is 5.06. The Morgan fingerprint density at radius 1 is 1.14 bits per heavy atom. The van der Waals surface area contributed by atoms with Crippen molar-refractivity contribution >= 4 is 38.9 Å². The molecule has 8 heteroatoms. The summed E-state index contributed by atoms with van der Waals surface area (Å²) >= 11 is 12.5. The van der Waals surface area contributed by atoms with Crippen LogP contribution in [0.5, 0.6) is 0 Å². The van der Waals surface area contributed by atoms with Gasteiger partial charge >= 0.3 is 0 Å². The fourth-order valence-corrected chi connectivity index (χ4v) is 4.72. The summed E-state index contributed by atoms with van der Waals surface area (Å²) in [5.41, 5.74) is 0.851. The van der Waals surface area contributed by atoms with Crippen LogP contribution in [0.1, 0.15) is 28.8 Å². The van der Waals surface area contributed by atoms with Gasteiger partial charge in [-0.3, -0.25) is 4.79 Å². The average molecular weight is 442 g/mol. The highest BCUT2D eigenvalue weighted by atomic mass is 35.5. The van der Waals surface area contributed by atoms with Crippen LogP contribution in [0.15, 0.2) is 47.4 Å². The maximum absolute atomic E-state index is 12.7. The van der Waals surface area contributed by atoms with Crippen LogP contribution < -0.4 is 5.32 Å². The molecule has 0 unspecified atom stereocenters. The van der Waals surface area contributed by atoms with Gasteiger partial charge in [-0.1, -0.05) is 35.3 Å². The molecule has 1 amide bonds. The van der Waals surface area contributed by atoms with Crippen LogP contribution in [0.2, 0.25) is 10.0 Å². The van der Waals surface area contributed by atoms with E-state index >= 15 is 0 Å². The molecule has 1 heterocycles. The number of sulfone groups is 1. The number of carbonyl (C=O) groups excluding carboxylic acids is 1. The summed E-state index contributed by atoms with van der Waals surface area (Å²) in [5, 5.41) is 4.06. The van der Waals surface area contributed by atoms with Crippen LogP contribution in [0.25, 0.3) is 0 Å². The Bertz CT molecular complexity index is 985. The lowest BCUT2D eigenvalue weighted by atomic mass is 9.74. The van der Waals surface area contributed by atoms with Crippen molar-refractivity contribution in [3.8, 4) is 0 Å². The molecule has 28 heavy (non-hydrogen) atoms. The van der Waals surface area contributed by atoms with Crippen molar-refractivity contribution in [3.05, 3.63) is 63.6 Å². The second-order valence-corrected chi connectivity index (χ2v) is 9.86. The molecule has 1 saturated heterocycles. The van der Waals surface area contributed by atoms with Crippen LogP contribution in [0.3, 0.4) is 0 Å². The van der Waals surface area contributed by atoms with E-state index in [1.807, 2.05) is 6.07 Å². The summed E-state index contributed by atoms with van der Waals surface area (Å²) in [6.45, 7) is 1.50. The number of amides is 1. The molecule has 3 rings (SSSR count). The van der Waals surface area contributed by atoms with Crippen LogP contribution in [0.4, 0.5) is 0 Å². The minimum absolute atomic E-state index is 0.113. The minimum atomic E-state index is -3.39. The lowest BCUT2D eigenvalue weighted by molar-refractivity contribution is 0.0487. The molecule has 0 bridgehead atoms. The van der Waals surface area contributed by atoms with E-state index in [4.69, 9.17) is 27.9 Å². The van der Waals surface area contributed by atoms with E-state index in [-0.39, 0.29) is 16.2 Å². The lowest BCUT2D eigenvalue weighted by Gasteiger charge is -2.38. The first-order valence-electron chi connectivity index (χ1n) is 8.83. The first kappa shape index (κ1) is 21.1. The Morgan fingerprint density at radius 3 is 2.50 bits per heavy atom. The zero-order valence-corrected chi connectivity index (χ0v) is 17.7. The molecule has 2 aromatic carbocycles. The summed E-state index contributed by atoms with van der Waals surface area (Å²) in [5.74, 6) is -0.332. The highest BCUT2D eigenvalue weighted by Crippen LogP contribution is 2.39. The Balaban J connectivity index is 1.84. The smallest absolute Gasteiger partial charge is 0.251 e. The molecule has 1 fully saturated rings. The van der Waals surface area contributed by atoms with Gasteiger partial charge < -0.3 is 10.1 Å². The molecule has 0 atom stereocenters. The molecule has 5 nitrogen and oxygen atoms in total. The van der Waals surface area contributed by atoms with Gasteiger partial charge in [-0.25, -0.2) is 8.42 Å². The highest BCUT2D eigenvalue weighted by Gasteiger charge is 2.36. The summed E-state index contributed by atoms with van der Waals surface area (Å²) in [6, 6.07) is 11.4. The van der Waals surface area contributed by atoms with Crippen molar-refractivity contribution in [2.75, 3.05) is 26.0 Å². The Hall–Kier alpha value is -1.60. The first-order chi connectivity index (χ1) is 13.2. The van der Waals surface area contributed by atoms with Gasteiger partial charge in [0, 0.05) is 47.0 Å². The predicted molar refractivity (Wildman–Crippen MR) is 110 cm³/mol.